The van der Waals surface area contributed by atoms with Gasteiger partial charge in [0.05, 0.1) is 16.6 Å². The van der Waals surface area contributed by atoms with Crippen molar-refractivity contribution < 1.29 is 4.74 Å². The van der Waals surface area contributed by atoms with Gasteiger partial charge in [-0.15, -0.1) is 11.3 Å². The van der Waals surface area contributed by atoms with Gasteiger partial charge in [-0.2, -0.15) is 5.10 Å². The zero-order valence-electron chi connectivity index (χ0n) is 13.6. The molecule has 5 rings (SSSR count). The fraction of sp³-hybridized carbons (Fsp3) is 0.150. The summed E-state index contributed by atoms with van der Waals surface area (Å²) in [5.41, 5.74) is 3.19. The van der Waals surface area contributed by atoms with Crippen LogP contribution in [0, 0.1) is 0 Å². The van der Waals surface area contributed by atoms with Crippen LogP contribution < -0.4 is 4.74 Å². The first-order valence-corrected chi connectivity index (χ1v) is 9.94. The molecule has 0 bridgehead atoms. The maximum Gasteiger partial charge on any atom is 0.213 e. The number of hydrogen-bond acceptors (Lipinski definition) is 4. The third kappa shape index (κ3) is 2.69. The van der Waals surface area contributed by atoms with Crippen molar-refractivity contribution in [3.63, 3.8) is 0 Å². The summed E-state index contributed by atoms with van der Waals surface area (Å²) >= 11 is 14.0. The quantitative estimate of drug-likeness (QED) is 0.504. The van der Waals surface area contributed by atoms with Gasteiger partial charge in [0.15, 0.2) is 0 Å². The van der Waals surface area contributed by atoms with Crippen molar-refractivity contribution >= 4 is 40.3 Å². The molecule has 3 aromatic rings. The van der Waals surface area contributed by atoms with Gasteiger partial charge in [-0.3, -0.25) is 0 Å². The van der Waals surface area contributed by atoms with Crippen molar-refractivity contribution in [1.82, 2.24) is 5.01 Å². The number of benzene rings is 2. The Labute approximate surface area is 165 Å². The molecule has 0 saturated carbocycles. The second kappa shape index (κ2) is 6.31. The summed E-state index contributed by atoms with van der Waals surface area (Å²) in [6, 6.07) is 17.8. The molecule has 0 fully saturated rings. The summed E-state index contributed by atoms with van der Waals surface area (Å²) in [4.78, 5) is 1.19. The van der Waals surface area contributed by atoms with E-state index in [0.29, 0.717) is 10.0 Å². The third-order valence-electron chi connectivity index (χ3n) is 4.71. The van der Waals surface area contributed by atoms with E-state index < -0.39 is 0 Å². The fourth-order valence-corrected chi connectivity index (χ4v) is 4.52. The summed E-state index contributed by atoms with van der Waals surface area (Å²) in [5.74, 6) is 0.859. The number of ether oxygens (including phenoxy) is 1. The van der Waals surface area contributed by atoms with E-state index in [-0.39, 0.29) is 12.3 Å². The lowest BCUT2D eigenvalue weighted by atomic mass is 9.97. The van der Waals surface area contributed by atoms with Crippen LogP contribution in [-0.2, 0) is 0 Å². The van der Waals surface area contributed by atoms with Crippen molar-refractivity contribution in [3.8, 4) is 5.75 Å². The highest BCUT2D eigenvalue weighted by molar-refractivity contribution is 7.12. The highest BCUT2D eigenvalue weighted by Crippen LogP contribution is 2.48. The molecule has 3 heterocycles. The monoisotopic (exact) mass is 400 g/mol. The number of hydrogen-bond donors (Lipinski definition) is 0. The SMILES string of the molecule is Clc1ccc([C@@H]2Oc3ccc(Cl)cc3[C@H]3CC(c4cccs4)=NN32)cc1. The zero-order valence-corrected chi connectivity index (χ0v) is 15.9. The van der Waals surface area contributed by atoms with Gasteiger partial charge >= 0.3 is 0 Å². The smallest absolute Gasteiger partial charge is 0.213 e. The molecule has 2 aliphatic rings. The van der Waals surface area contributed by atoms with Crippen molar-refractivity contribution in [2.75, 3.05) is 0 Å². The van der Waals surface area contributed by atoms with Crippen molar-refractivity contribution in [1.29, 1.82) is 0 Å². The highest BCUT2D eigenvalue weighted by atomic mass is 35.5. The molecule has 0 amide bonds. The predicted molar refractivity (Wildman–Crippen MR) is 106 cm³/mol. The lowest BCUT2D eigenvalue weighted by molar-refractivity contribution is -0.0190. The van der Waals surface area contributed by atoms with Crippen LogP contribution in [0.4, 0.5) is 0 Å². The van der Waals surface area contributed by atoms with Crippen molar-refractivity contribution in [2.45, 2.75) is 18.7 Å². The summed E-state index contributed by atoms with van der Waals surface area (Å²) < 4.78 is 6.31. The average molecular weight is 401 g/mol. The number of fused-ring (bicyclic) bond motifs is 3. The second-order valence-electron chi connectivity index (χ2n) is 6.33. The third-order valence-corrected chi connectivity index (χ3v) is 6.12. The van der Waals surface area contributed by atoms with Gasteiger partial charge in [0, 0.05) is 27.6 Å². The average Bonchev–Trinajstić information content (AvgIpc) is 3.32. The van der Waals surface area contributed by atoms with Crippen LogP contribution in [0.3, 0.4) is 0 Å². The van der Waals surface area contributed by atoms with Gasteiger partial charge < -0.3 is 4.74 Å². The fourth-order valence-electron chi connectivity index (χ4n) is 3.50. The van der Waals surface area contributed by atoms with Gasteiger partial charge in [-0.25, -0.2) is 5.01 Å². The molecule has 130 valence electrons. The maximum atomic E-state index is 6.31. The van der Waals surface area contributed by atoms with Crippen molar-refractivity contribution in [2.24, 2.45) is 5.10 Å². The summed E-state index contributed by atoms with van der Waals surface area (Å²) in [5, 5.41) is 10.5. The largest absolute Gasteiger partial charge is 0.464 e. The topological polar surface area (TPSA) is 24.8 Å². The molecule has 2 atom stereocenters. The standard InChI is InChI=1S/C20H14Cl2N2OS/c21-13-5-3-12(4-6-13)20-24-17(11-16(23-24)19-2-1-9-26-19)15-10-14(22)7-8-18(15)25-20/h1-10,17,20H,11H2/t17-,20+/m1/s1. The lowest BCUT2D eigenvalue weighted by Gasteiger charge is -2.38. The normalized spacial score (nSPS) is 21.0. The number of halogens is 2. The summed E-state index contributed by atoms with van der Waals surface area (Å²) in [7, 11) is 0. The maximum absolute atomic E-state index is 6.31. The zero-order chi connectivity index (χ0) is 17.7. The number of thiophene rings is 1. The molecule has 0 unspecified atom stereocenters. The molecule has 6 heteroatoms. The van der Waals surface area contributed by atoms with E-state index >= 15 is 0 Å². The summed E-state index contributed by atoms with van der Waals surface area (Å²) in [6.45, 7) is 0. The van der Waals surface area contributed by atoms with Crippen molar-refractivity contribution in [3.05, 3.63) is 86.0 Å². The molecule has 0 spiro atoms. The minimum absolute atomic E-state index is 0.107. The number of nitrogens with zero attached hydrogens (tertiary/aromatic N) is 2. The summed E-state index contributed by atoms with van der Waals surface area (Å²) in [6.07, 6.45) is 0.546. The molecule has 26 heavy (non-hydrogen) atoms. The second-order valence-corrected chi connectivity index (χ2v) is 8.15. The molecule has 1 aromatic heterocycles. The number of rotatable bonds is 2. The van der Waals surface area contributed by atoms with Crippen LogP contribution in [-0.4, -0.2) is 10.7 Å². The first-order valence-electron chi connectivity index (χ1n) is 8.30. The Bertz CT molecular complexity index is 986. The van der Waals surface area contributed by atoms with E-state index in [1.807, 2.05) is 42.5 Å². The minimum Gasteiger partial charge on any atom is -0.464 e. The molecule has 2 aliphatic heterocycles. The molecule has 3 nitrogen and oxygen atoms in total. The van der Waals surface area contributed by atoms with E-state index in [4.69, 9.17) is 33.0 Å². The molecular formula is C20H14Cl2N2OS. The van der Waals surface area contributed by atoms with Crippen LogP contribution in [0.5, 0.6) is 5.75 Å². The van der Waals surface area contributed by atoms with Crippen LogP contribution in [0.1, 0.15) is 34.7 Å². The van der Waals surface area contributed by atoms with Crippen LogP contribution in [0.15, 0.2) is 65.1 Å². The molecule has 2 aromatic carbocycles. The van der Waals surface area contributed by atoms with E-state index in [9.17, 15) is 0 Å². The Morgan fingerprint density at radius 1 is 1.04 bits per heavy atom. The Kier molecular flexibility index (Phi) is 3.92. The first-order chi connectivity index (χ1) is 12.7. The van der Waals surface area contributed by atoms with Gasteiger partial charge in [-0.1, -0.05) is 41.4 Å². The molecule has 0 radical (unpaired) electrons. The molecule has 0 N–H and O–H groups in total. The molecule has 0 aliphatic carbocycles. The van der Waals surface area contributed by atoms with Gasteiger partial charge in [0.25, 0.3) is 0 Å². The molecular weight excluding hydrogens is 387 g/mol. The predicted octanol–water partition coefficient (Wildman–Crippen LogP) is 6.30. The minimum atomic E-state index is -0.289. The highest BCUT2D eigenvalue weighted by Gasteiger charge is 2.41. The van der Waals surface area contributed by atoms with Gasteiger partial charge in [-0.05, 0) is 41.8 Å². The lowest BCUT2D eigenvalue weighted by Crippen LogP contribution is -2.33. The Balaban J connectivity index is 1.61. The Morgan fingerprint density at radius 2 is 1.85 bits per heavy atom. The Hall–Kier alpha value is -2.01. The van der Waals surface area contributed by atoms with Gasteiger partial charge in [0.1, 0.15) is 5.75 Å². The van der Waals surface area contributed by atoms with Crippen LogP contribution in [0.2, 0.25) is 10.0 Å². The van der Waals surface area contributed by atoms with E-state index in [2.05, 4.69) is 22.5 Å². The number of hydrazone groups is 1. The first kappa shape index (κ1) is 16.2. The van der Waals surface area contributed by atoms with E-state index in [0.717, 1.165) is 29.0 Å². The van der Waals surface area contributed by atoms with Crippen LogP contribution in [0.25, 0.3) is 0 Å². The van der Waals surface area contributed by atoms with Crippen LogP contribution >= 0.6 is 34.5 Å². The van der Waals surface area contributed by atoms with E-state index in [1.54, 1.807) is 11.3 Å². The van der Waals surface area contributed by atoms with E-state index in [1.165, 1.54) is 4.88 Å². The van der Waals surface area contributed by atoms with Gasteiger partial charge in [0.2, 0.25) is 6.23 Å². The molecule has 0 saturated heterocycles. The Morgan fingerprint density at radius 3 is 2.62 bits per heavy atom.